The molecule has 2 unspecified atom stereocenters. The lowest BCUT2D eigenvalue weighted by atomic mass is 9.94. The molecule has 2 aliphatic rings. The normalized spacial score (nSPS) is 21.0. The maximum atomic E-state index is 13.0. The SMILES string of the molecule is CC(C(=O)N1CCCN(C(=O)CC2CCCC2)CC1)C(N)c1ccccc1. The van der Waals surface area contributed by atoms with E-state index < -0.39 is 0 Å². The quantitative estimate of drug-likeness (QED) is 0.865. The fraction of sp³-hybridized carbons (Fsp3) is 0.636. The summed E-state index contributed by atoms with van der Waals surface area (Å²) in [4.78, 5) is 29.4. The second kappa shape index (κ2) is 9.36. The highest BCUT2D eigenvalue weighted by Gasteiger charge is 2.29. The Morgan fingerprint density at radius 2 is 1.63 bits per heavy atom. The van der Waals surface area contributed by atoms with E-state index in [4.69, 9.17) is 5.73 Å². The predicted octanol–water partition coefficient (Wildman–Crippen LogP) is 2.96. The molecule has 5 nitrogen and oxygen atoms in total. The molecule has 3 rings (SSSR count). The first kappa shape index (κ1) is 19.9. The molecule has 1 aliphatic heterocycles. The van der Waals surface area contributed by atoms with Crippen molar-refractivity contribution >= 4 is 11.8 Å². The zero-order valence-corrected chi connectivity index (χ0v) is 16.5. The van der Waals surface area contributed by atoms with Gasteiger partial charge in [0.2, 0.25) is 11.8 Å². The third-order valence-electron chi connectivity index (χ3n) is 6.21. The zero-order valence-electron chi connectivity index (χ0n) is 16.5. The monoisotopic (exact) mass is 371 g/mol. The summed E-state index contributed by atoms with van der Waals surface area (Å²) >= 11 is 0. The number of hydrogen-bond donors (Lipinski definition) is 1. The molecule has 1 aromatic carbocycles. The average molecular weight is 372 g/mol. The fourth-order valence-corrected chi connectivity index (χ4v) is 4.38. The number of amides is 2. The Labute approximate surface area is 162 Å². The van der Waals surface area contributed by atoms with E-state index in [0.717, 1.165) is 18.5 Å². The molecule has 1 saturated carbocycles. The van der Waals surface area contributed by atoms with Crippen LogP contribution < -0.4 is 5.73 Å². The van der Waals surface area contributed by atoms with Crippen molar-refractivity contribution in [2.24, 2.45) is 17.6 Å². The molecule has 1 aliphatic carbocycles. The third-order valence-corrected chi connectivity index (χ3v) is 6.21. The number of nitrogens with zero attached hydrogens (tertiary/aromatic N) is 2. The molecule has 0 spiro atoms. The van der Waals surface area contributed by atoms with Crippen molar-refractivity contribution in [2.75, 3.05) is 26.2 Å². The van der Waals surface area contributed by atoms with Gasteiger partial charge in [0.1, 0.15) is 0 Å². The minimum atomic E-state index is -0.304. The van der Waals surface area contributed by atoms with Crippen molar-refractivity contribution in [1.82, 2.24) is 9.80 Å². The Bertz CT molecular complexity index is 628. The van der Waals surface area contributed by atoms with Crippen LogP contribution >= 0.6 is 0 Å². The van der Waals surface area contributed by atoms with Gasteiger partial charge in [-0.2, -0.15) is 0 Å². The summed E-state index contributed by atoms with van der Waals surface area (Å²) in [6.07, 6.45) is 6.44. The summed E-state index contributed by atoms with van der Waals surface area (Å²) in [5.41, 5.74) is 7.33. The fourth-order valence-electron chi connectivity index (χ4n) is 4.38. The Kier molecular flexibility index (Phi) is 6.89. The van der Waals surface area contributed by atoms with Crippen LogP contribution in [0.4, 0.5) is 0 Å². The molecule has 27 heavy (non-hydrogen) atoms. The van der Waals surface area contributed by atoms with Crippen LogP contribution in [0, 0.1) is 11.8 Å². The van der Waals surface area contributed by atoms with Crippen LogP contribution in [0.25, 0.3) is 0 Å². The van der Waals surface area contributed by atoms with Crippen molar-refractivity contribution in [3.05, 3.63) is 35.9 Å². The molecule has 0 aromatic heterocycles. The lowest BCUT2D eigenvalue weighted by Gasteiger charge is -2.28. The van der Waals surface area contributed by atoms with Gasteiger partial charge in [0.25, 0.3) is 0 Å². The molecule has 0 radical (unpaired) electrons. The van der Waals surface area contributed by atoms with E-state index in [-0.39, 0.29) is 23.8 Å². The van der Waals surface area contributed by atoms with Gasteiger partial charge in [0.15, 0.2) is 0 Å². The molecule has 2 amide bonds. The largest absolute Gasteiger partial charge is 0.341 e. The van der Waals surface area contributed by atoms with Crippen LogP contribution in [0.2, 0.25) is 0 Å². The van der Waals surface area contributed by atoms with E-state index in [9.17, 15) is 9.59 Å². The molecule has 5 heteroatoms. The average Bonchev–Trinajstić information content (AvgIpc) is 3.08. The van der Waals surface area contributed by atoms with E-state index in [0.29, 0.717) is 32.0 Å². The van der Waals surface area contributed by atoms with Crippen molar-refractivity contribution in [2.45, 2.75) is 51.5 Å². The van der Waals surface area contributed by atoms with E-state index in [2.05, 4.69) is 0 Å². The Morgan fingerprint density at radius 3 is 2.33 bits per heavy atom. The summed E-state index contributed by atoms with van der Waals surface area (Å²) in [6.45, 7) is 4.63. The first-order valence-corrected chi connectivity index (χ1v) is 10.4. The standard InChI is InChI=1S/C22H33N3O2/c1-17(21(23)19-10-3-2-4-11-19)22(27)25-13-7-12-24(14-15-25)20(26)16-18-8-5-6-9-18/h2-4,10-11,17-18,21H,5-9,12-16,23H2,1H3. The molecular weight excluding hydrogens is 338 g/mol. The lowest BCUT2D eigenvalue weighted by molar-refractivity contribution is -0.136. The number of benzene rings is 1. The summed E-state index contributed by atoms with van der Waals surface area (Å²) in [5, 5.41) is 0. The van der Waals surface area contributed by atoms with E-state index in [1.54, 1.807) is 0 Å². The minimum absolute atomic E-state index is 0.0939. The summed E-state index contributed by atoms with van der Waals surface area (Å²) in [6, 6.07) is 9.50. The van der Waals surface area contributed by atoms with Crippen LogP contribution in [0.15, 0.2) is 30.3 Å². The van der Waals surface area contributed by atoms with Gasteiger partial charge >= 0.3 is 0 Å². The first-order chi connectivity index (χ1) is 13.1. The molecular formula is C22H33N3O2. The van der Waals surface area contributed by atoms with Crippen LogP contribution in [-0.2, 0) is 9.59 Å². The molecule has 2 fully saturated rings. The molecule has 2 N–H and O–H groups in total. The van der Waals surface area contributed by atoms with Gasteiger partial charge in [-0.1, -0.05) is 50.1 Å². The van der Waals surface area contributed by atoms with Crippen molar-refractivity contribution < 1.29 is 9.59 Å². The highest BCUT2D eigenvalue weighted by atomic mass is 16.2. The van der Waals surface area contributed by atoms with E-state index >= 15 is 0 Å². The van der Waals surface area contributed by atoms with Crippen LogP contribution in [0.5, 0.6) is 0 Å². The number of rotatable bonds is 5. The van der Waals surface area contributed by atoms with Gasteiger partial charge in [-0.05, 0) is 30.7 Å². The highest BCUT2D eigenvalue weighted by Crippen LogP contribution is 2.28. The second-order valence-corrected chi connectivity index (χ2v) is 8.14. The Morgan fingerprint density at radius 1 is 1.00 bits per heavy atom. The maximum Gasteiger partial charge on any atom is 0.227 e. The number of nitrogens with two attached hydrogens (primary N) is 1. The Hall–Kier alpha value is -1.88. The topological polar surface area (TPSA) is 66.6 Å². The molecule has 1 heterocycles. The maximum absolute atomic E-state index is 13.0. The van der Waals surface area contributed by atoms with Crippen LogP contribution in [0.1, 0.15) is 57.1 Å². The molecule has 148 valence electrons. The smallest absolute Gasteiger partial charge is 0.227 e. The zero-order chi connectivity index (χ0) is 19.2. The molecule has 0 bridgehead atoms. The second-order valence-electron chi connectivity index (χ2n) is 8.14. The molecule has 1 saturated heterocycles. The van der Waals surface area contributed by atoms with Gasteiger partial charge in [-0.25, -0.2) is 0 Å². The number of carbonyl (C=O) groups is 2. The number of hydrogen-bond acceptors (Lipinski definition) is 3. The highest BCUT2D eigenvalue weighted by molar-refractivity contribution is 5.80. The molecule has 2 atom stereocenters. The predicted molar refractivity (Wildman–Crippen MR) is 107 cm³/mol. The van der Waals surface area contributed by atoms with Gasteiger partial charge in [0, 0.05) is 38.6 Å². The van der Waals surface area contributed by atoms with E-state index in [1.807, 2.05) is 47.1 Å². The van der Waals surface area contributed by atoms with Gasteiger partial charge < -0.3 is 15.5 Å². The van der Waals surface area contributed by atoms with Crippen LogP contribution in [0.3, 0.4) is 0 Å². The van der Waals surface area contributed by atoms with Crippen LogP contribution in [-0.4, -0.2) is 47.8 Å². The number of carbonyl (C=O) groups excluding carboxylic acids is 2. The lowest BCUT2D eigenvalue weighted by Crippen LogP contribution is -2.42. The Balaban J connectivity index is 1.53. The van der Waals surface area contributed by atoms with Gasteiger partial charge in [0.05, 0.1) is 5.92 Å². The van der Waals surface area contributed by atoms with E-state index in [1.165, 1.54) is 25.7 Å². The summed E-state index contributed by atoms with van der Waals surface area (Å²) in [5.74, 6) is 0.664. The van der Waals surface area contributed by atoms with Crippen molar-refractivity contribution in [3.8, 4) is 0 Å². The van der Waals surface area contributed by atoms with Gasteiger partial charge in [-0.3, -0.25) is 9.59 Å². The summed E-state index contributed by atoms with van der Waals surface area (Å²) in [7, 11) is 0. The third kappa shape index (κ3) is 5.10. The summed E-state index contributed by atoms with van der Waals surface area (Å²) < 4.78 is 0. The minimum Gasteiger partial charge on any atom is -0.341 e. The van der Waals surface area contributed by atoms with Gasteiger partial charge in [-0.15, -0.1) is 0 Å². The molecule has 1 aromatic rings. The van der Waals surface area contributed by atoms with Crippen molar-refractivity contribution in [3.63, 3.8) is 0 Å². The first-order valence-electron chi connectivity index (χ1n) is 10.4. The van der Waals surface area contributed by atoms with Crippen molar-refractivity contribution in [1.29, 1.82) is 0 Å².